The summed E-state index contributed by atoms with van der Waals surface area (Å²) in [6.07, 6.45) is 2.92. The average Bonchev–Trinajstić information content (AvgIpc) is 3.16. The van der Waals surface area contributed by atoms with Crippen molar-refractivity contribution in [2.75, 3.05) is 12.4 Å². The van der Waals surface area contributed by atoms with Crippen LogP contribution >= 0.6 is 11.3 Å². The number of benzene rings is 2. The summed E-state index contributed by atoms with van der Waals surface area (Å²) < 4.78 is 30.7. The van der Waals surface area contributed by atoms with Crippen molar-refractivity contribution in [3.05, 3.63) is 70.2 Å². The molecule has 0 fully saturated rings. The van der Waals surface area contributed by atoms with Gasteiger partial charge < -0.3 is 9.84 Å². The molecule has 162 valence electrons. The van der Waals surface area contributed by atoms with Gasteiger partial charge in [0.15, 0.2) is 9.84 Å². The molecule has 0 unspecified atom stereocenters. The van der Waals surface area contributed by atoms with Gasteiger partial charge in [0.1, 0.15) is 10.8 Å². The van der Waals surface area contributed by atoms with Crippen LogP contribution in [0, 0.1) is 6.92 Å². The molecule has 3 aromatic rings. The van der Waals surface area contributed by atoms with Gasteiger partial charge in [-0.05, 0) is 42.3 Å². The van der Waals surface area contributed by atoms with Crippen LogP contribution in [-0.4, -0.2) is 36.7 Å². The van der Waals surface area contributed by atoms with Gasteiger partial charge in [-0.15, -0.1) is 10.2 Å². The van der Waals surface area contributed by atoms with Crippen molar-refractivity contribution in [1.29, 1.82) is 0 Å². The molecule has 0 saturated carbocycles. The Labute approximate surface area is 184 Å². The molecule has 0 bridgehead atoms. The molecule has 1 heterocycles. The van der Waals surface area contributed by atoms with Crippen molar-refractivity contribution in [2.45, 2.75) is 24.2 Å². The van der Waals surface area contributed by atoms with Crippen LogP contribution in [0.15, 0.2) is 53.4 Å². The number of carbonyl (C=O) groups is 1. The molecule has 1 aromatic heterocycles. The smallest absolute Gasteiger partial charge is 0.250 e. The molecule has 0 aliphatic carbocycles. The number of aryl methyl sites for hydroxylation is 1. The van der Waals surface area contributed by atoms with E-state index in [0.717, 1.165) is 5.01 Å². The summed E-state index contributed by atoms with van der Waals surface area (Å²) in [5, 5.41) is 20.7. The molecule has 0 atom stereocenters. The number of anilines is 1. The van der Waals surface area contributed by atoms with Crippen LogP contribution in [0.1, 0.15) is 21.7 Å². The molecule has 10 heteroatoms. The third-order valence-corrected chi connectivity index (χ3v) is 6.76. The zero-order valence-electron chi connectivity index (χ0n) is 16.9. The predicted molar refractivity (Wildman–Crippen MR) is 119 cm³/mol. The lowest BCUT2D eigenvalue weighted by Gasteiger charge is -2.10. The molecule has 2 N–H and O–H groups in total. The van der Waals surface area contributed by atoms with Gasteiger partial charge in [0, 0.05) is 11.6 Å². The summed E-state index contributed by atoms with van der Waals surface area (Å²) in [5.74, 6) is -0.112. The molecule has 0 spiro atoms. The van der Waals surface area contributed by atoms with Gasteiger partial charge in [0.25, 0.3) is 0 Å². The highest BCUT2D eigenvalue weighted by atomic mass is 32.2. The van der Waals surface area contributed by atoms with Crippen LogP contribution in [0.5, 0.6) is 5.75 Å². The van der Waals surface area contributed by atoms with E-state index in [-0.39, 0.29) is 23.2 Å². The molecule has 0 radical (unpaired) electrons. The van der Waals surface area contributed by atoms with E-state index in [2.05, 4.69) is 15.5 Å². The first-order valence-electron chi connectivity index (χ1n) is 9.19. The third kappa shape index (κ3) is 5.97. The minimum Gasteiger partial charge on any atom is -0.496 e. The van der Waals surface area contributed by atoms with Gasteiger partial charge in [-0.1, -0.05) is 35.6 Å². The SMILES string of the molecule is COc1cc(CS(=O)(=O)c2ccc(/C=C/C(=O)Nc3nnc(C)s3)cc2)ccc1CO. The van der Waals surface area contributed by atoms with E-state index in [4.69, 9.17) is 4.74 Å². The highest BCUT2D eigenvalue weighted by Gasteiger charge is 2.16. The highest BCUT2D eigenvalue weighted by molar-refractivity contribution is 7.90. The summed E-state index contributed by atoms with van der Waals surface area (Å²) in [7, 11) is -2.11. The Kier molecular flexibility index (Phi) is 7.16. The molecule has 3 rings (SSSR count). The first kappa shape index (κ1) is 22.6. The van der Waals surface area contributed by atoms with Gasteiger partial charge in [-0.25, -0.2) is 8.42 Å². The maximum absolute atomic E-state index is 12.8. The molecule has 0 saturated heterocycles. The van der Waals surface area contributed by atoms with Crippen LogP contribution in [0.3, 0.4) is 0 Å². The van der Waals surface area contributed by atoms with Gasteiger partial charge >= 0.3 is 0 Å². The van der Waals surface area contributed by atoms with Gasteiger partial charge in [-0.2, -0.15) is 0 Å². The molecule has 2 aromatic carbocycles. The molecule has 0 aliphatic rings. The van der Waals surface area contributed by atoms with Gasteiger partial charge in [-0.3, -0.25) is 10.1 Å². The second kappa shape index (κ2) is 9.82. The first-order chi connectivity index (χ1) is 14.8. The summed E-state index contributed by atoms with van der Waals surface area (Å²) in [6, 6.07) is 11.2. The van der Waals surface area contributed by atoms with E-state index < -0.39 is 9.84 Å². The number of nitrogens with one attached hydrogen (secondary N) is 1. The Hall–Kier alpha value is -3.08. The number of carbonyl (C=O) groups excluding carboxylic acids is 1. The van der Waals surface area contributed by atoms with Crippen molar-refractivity contribution < 1.29 is 23.1 Å². The minimum absolute atomic E-state index is 0.170. The molecular weight excluding hydrogens is 438 g/mol. The number of hydrogen-bond acceptors (Lipinski definition) is 8. The Balaban J connectivity index is 1.67. The summed E-state index contributed by atoms with van der Waals surface area (Å²) in [5.41, 5.74) is 1.82. The lowest BCUT2D eigenvalue weighted by atomic mass is 10.1. The number of aliphatic hydroxyl groups excluding tert-OH is 1. The van der Waals surface area contributed by atoms with Crippen molar-refractivity contribution >= 4 is 38.3 Å². The predicted octanol–water partition coefficient (Wildman–Crippen LogP) is 2.97. The number of aromatic nitrogens is 2. The maximum atomic E-state index is 12.8. The van der Waals surface area contributed by atoms with E-state index >= 15 is 0 Å². The van der Waals surface area contributed by atoms with Crippen molar-refractivity contribution in [3.63, 3.8) is 0 Å². The van der Waals surface area contributed by atoms with E-state index in [0.29, 0.717) is 27.6 Å². The standard InChI is InChI=1S/C21H21N3O5S2/c1-14-23-24-21(30-14)22-20(26)10-6-15-4-8-18(9-5-15)31(27,28)13-16-3-7-17(12-25)19(11-16)29-2/h3-11,25H,12-13H2,1-2H3,(H,22,24,26)/b10-6+. The van der Waals surface area contributed by atoms with Crippen molar-refractivity contribution in [2.24, 2.45) is 0 Å². The van der Waals surface area contributed by atoms with E-state index in [1.165, 1.54) is 36.7 Å². The quantitative estimate of drug-likeness (QED) is 0.497. The monoisotopic (exact) mass is 459 g/mol. The van der Waals surface area contributed by atoms with Crippen LogP contribution in [0.2, 0.25) is 0 Å². The second-order valence-corrected chi connectivity index (χ2v) is 9.75. The van der Waals surface area contributed by atoms with Gasteiger partial charge in [0.05, 0.1) is 24.4 Å². The lowest BCUT2D eigenvalue weighted by molar-refractivity contribution is -0.111. The molecule has 1 amide bonds. The van der Waals surface area contributed by atoms with Crippen LogP contribution in [-0.2, 0) is 27.0 Å². The number of amides is 1. The fourth-order valence-electron chi connectivity index (χ4n) is 2.76. The number of aliphatic hydroxyl groups is 1. The molecule has 0 aliphatic heterocycles. The zero-order valence-corrected chi connectivity index (χ0v) is 18.5. The summed E-state index contributed by atoms with van der Waals surface area (Å²) in [4.78, 5) is 12.1. The Bertz CT molecular complexity index is 1200. The summed E-state index contributed by atoms with van der Waals surface area (Å²) >= 11 is 1.27. The van der Waals surface area contributed by atoms with Crippen LogP contribution < -0.4 is 10.1 Å². The fraction of sp³-hybridized carbons (Fsp3) is 0.190. The normalized spacial score (nSPS) is 11.6. The summed E-state index contributed by atoms with van der Waals surface area (Å²) in [6.45, 7) is 1.60. The minimum atomic E-state index is -3.58. The number of ether oxygens (including phenoxy) is 1. The second-order valence-electron chi connectivity index (χ2n) is 6.58. The van der Waals surface area contributed by atoms with E-state index in [1.807, 2.05) is 0 Å². The largest absolute Gasteiger partial charge is 0.496 e. The van der Waals surface area contributed by atoms with E-state index in [9.17, 15) is 18.3 Å². The number of sulfone groups is 1. The number of methoxy groups -OCH3 is 1. The average molecular weight is 460 g/mol. The first-order valence-corrected chi connectivity index (χ1v) is 11.7. The molecule has 8 nitrogen and oxygen atoms in total. The molecular formula is C21H21N3O5S2. The van der Waals surface area contributed by atoms with Crippen LogP contribution in [0.25, 0.3) is 6.08 Å². The Morgan fingerprint density at radius 3 is 2.55 bits per heavy atom. The molecule has 31 heavy (non-hydrogen) atoms. The van der Waals surface area contributed by atoms with Crippen LogP contribution in [0.4, 0.5) is 5.13 Å². The van der Waals surface area contributed by atoms with Gasteiger partial charge in [0.2, 0.25) is 11.0 Å². The topological polar surface area (TPSA) is 118 Å². The highest BCUT2D eigenvalue weighted by Crippen LogP contribution is 2.24. The zero-order chi connectivity index (χ0) is 22.4. The Morgan fingerprint density at radius 1 is 1.19 bits per heavy atom. The number of nitrogens with zero attached hydrogens (tertiary/aromatic N) is 2. The van der Waals surface area contributed by atoms with E-state index in [1.54, 1.807) is 43.3 Å². The lowest BCUT2D eigenvalue weighted by Crippen LogP contribution is -2.07. The maximum Gasteiger partial charge on any atom is 0.250 e. The van der Waals surface area contributed by atoms with Crippen molar-refractivity contribution in [3.8, 4) is 5.75 Å². The third-order valence-electron chi connectivity index (χ3n) is 4.30. The number of hydrogen-bond donors (Lipinski definition) is 2. The van der Waals surface area contributed by atoms with Crippen molar-refractivity contribution in [1.82, 2.24) is 10.2 Å². The number of rotatable bonds is 8. The Morgan fingerprint density at radius 2 is 1.94 bits per heavy atom. The fourth-order valence-corrected chi connectivity index (χ4v) is 4.70.